The lowest BCUT2D eigenvalue weighted by Gasteiger charge is -2.24. The first kappa shape index (κ1) is 17.6. The molecule has 0 bridgehead atoms. The predicted octanol–water partition coefficient (Wildman–Crippen LogP) is -0.326. The molecule has 10 nitrogen and oxygen atoms in total. The molecule has 0 aromatic carbocycles. The maximum atomic E-state index is 11.8. The lowest BCUT2D eigenvalue weighted by Crippen LogP contribution is -2.33. The van der Waals surface area contributed by atoms with Gasteiger partial charge in [0, 0.05) is 26.3 Å². The van der Waals surface area contributed by atoms with Crippen LogP contribution in [0.25, 0.3) is 0 Å². The number of nitrogen functional groups attached to an aromatic ring is 1. The molecule has 24 heavy (non-hydrogen) atoms. The second kappa shape index (κ2) is 7.66. The number of aromatic amines is 1. The number of carbonyl (C=O) groups is 2. The highest BCUT2D eigenvalue weighted by atomic mass is 16.5. The number of aromatic nitrogens is 2. The molecule has 0 saturated carbocycles. The summed E-state index contributed by atoms with van der Waals surface area (Å²) < 4.78 is 10.0. The van der Waals surface area contributed by atoms with Gasteiger partial charge in [0.1, 0.15) is 5.69 Å². The lowest BCUT2D eigenvalue weighted by atomic mass is 10.1. The Morgan fingerprint density at radius 3 is 2.71 bits per heavy atom. The Bertz CT molecular complexity index is 674. The van der Waals surface area contributed by atoms with Crippen LogP contribution in [0.4, 0.5) is 17.5 Å². The number of hydrogen-bond donors (Lipinski definition) is 3. The summed E-state index contributed by atoms with van der Waals surface area (Å²) in [7, 11) is 0. The molecule has 0 saturated heterocycles. The smallest absolute Gasteiger partial charge is 0.302 e. The minimum atomic E-state index is -0.383. The maximum Gasteiger partial charge on any atom is 0.302 e. The summed E-state index contributed by atoms with van der Waals surface area (Å²) in [5.41, 5.74) is 5.61. The Balaban J connectivity index is 2.05. The molecule has 132 valence electrons. The fraction of sp³-hybridized carbons (Fsp3) is 0.571. The molecule has 1 aromatic rings. The number of esters is 2. The van der Waals surface area contributed by atoms with Crippen LogP contribution in [0.1, 0.15) is 20.3 Å². The van der Waals surface area contributed by atoms with Crippen molar-refractivity contribution in [3.8, 4) is 0 Å². The molecule has 1 atom stereocenters. The maximum absolute atomic E-state index is 11.8. The number of anilines is 3. The van der Waals surface area contributed by atoms with E-state index in [0.717, 1.165) is 0 Å². The number of fused-ring (bicyclic) bond motifs is 1. The quantitative estimate of drug-likeness (QED) is 0.570. The second-order valence-corrected chi connectivity index (χ2v) is 5.50. The van der Waals surface area contributed by atoms with E-state index in [1.54, 1.807) is 0 Å². The van der Waals surface area contributed by atoms with Crippen LogP contribution in [0.5, 0.6) is 0 Å². The van der Waals surface area contributed by atoms with Gasteiger partial charge in [0.05, 0.1) is 19.9 Å². The van der Waals surface area contributed by atoms with Crippen LogP contribution in [0, 0.1) is 5.92 Å². The molecular formula is C14H21N5O5. The van der Waals surface area contributed by atoms with Gasteiger partial charge in [0.15, 0.2) is 5.82 Å². The number of nitrogens with zero attached hydrogens (tertiary/aromatic N) is 2. The van der Waals surface area contributed by atoms with Crippen molar-refractivity contribution in [2.75, 3.05) is 42.4 Å². The topological polar surface area (TPSA) is 140 Å². The third kappa shape index (κ3) is 4.61. The van der Waals surface area contributed by atoms with Gasteiger partial charge in [-0.2, -0.15) is 4.98 Å². The van der Waals surface area contributed by atoms with Crippen LogP contribution in [0.2, 0.25) is 0 Å². The average molecular weight is 339 g/mol. The van der Waals surface area contributed by atoms with Gasteiger partial charge in [-0.3, -0.25) is 19.4 Å². The number of nitrogens with two attached hydrogens (primary N) is 1. The molecule has 2 rings (SSSR count). The number of nitrogens with one attached hydrogen (secondary N) is 2. The van der Waals surface area contributed by atoms with Gasteiger partial charge in [-0.15, -0.1) is 0 Å². The normalized spacial score (nSPS) is 13.8. The van der Waals surface area contributed by atoms with Gasteiger partial charge >= 0.3 is 11.9 Å². The first-order valence-corrected chi connectivity index (χ1v) is 7.52. The van der Waals surface area contributed by atoms with E-state index in [2.05, 4.69) is 15.3 Å². The van der Waals surface area contributed by atoms with E-state index in [0.29, 0.717) is 31.1 Å². The molecule has 0 radical (unpaired) electrons. The number of carbonyl (C=O) groups excluding carboxylic acids is 2. The van der Waals surface area contributed by atoms with Gasteiger partial charge in [0.25, 0.3) is 5.56 Å². The van der Waals surface area contributed by atoms with Crippen molar-refractivity contribution in [2.45, 2.75) is 20.3 Å². The Morgan fingerprint density at radius 2 is 2.04 bits per heavy atom. The summed E-state index contributed by atoms with van der Waals surface area (Å²) >= 11 is 0. The SMILES string of the molecule is CC(=O)OCCC(COC(C)=O)CN1CNc2c1nc(N)[nH]c2=O. The van der Waals surface area contributed by atoms with Crippen molar-refractivity contribution in [1.82, 2.24) is 9.97 Å². The van der Waals surface area contributed by atoms with Gasteiger partial charge in [-0.05, 0) is 6.42 Å². The Labute approximate surface area is 138 Å². The molecule has 0 aliphatic carbocycles. The molecule has 1 aliphatic rings. The van der Waals surface area contributed by atoms with Crippen molar-refractivity contribution < 1.29 is 19.1 Å². The van der Waals surface area contributed by atoms with Gasteiger partial charge in [0.2, 0.25) is 5.95 Å². The van der Waals surface area contributed by atoms with Crippen molar-refractivity contribution in [3.05, 3.63) is 10.4 Å². The van der Waals surface area contributed by atoms with E-state index in [1.165, 1.54) is 13.8 Å². The lowest BCUT2D eigenvalue weighted by molar-refractivity contribution is -0.144. The zero-order valence-corrected chi connectivity index (χ0v) is 13.6. The van der Waals surface area contributed by atoms with E-state index >= 15 is 0 Å². The number of ether oxygens (including phenoxy) is 2. The van der Waals surface area contributed by atoms with Crippen molar-refractivity contribution in [2.24, 2.45) is 5.92 Å². The van der Waals surface area contributed by atoms with Crippen LogP contribution >= 0.6 is 0 Å². The summed E-state index contributed by atoms with van der Waals surface area (Å²) in [4.78, 5) is 42.2. The second-order valence-electron chi connectivity index (χ2n) is 5.50. The van der Waals surface area contributed by atoms with E-state index in [9.17, 15) is 14.4 Å². The van der Waals surface area contributed by atoms with E-state index in [4.69, 9.17) is 15.2 Å². The fourth-order valence-corrected chi connectivity index (χ4v) is 2.41. The summed E-state index contributed by atoms with van der Waals surface area (Å²) in [6.45, 7) is 3.92. The van der Waals surface area contributed by atoms with E-state index in [1.807, 2.05) is 4.90 Å². The minimum absolute atomic E-state index is 0.0314. The molecule has 1 unspecified atom stereocenters. The minimum Gasteiger partial charge on any atom is -0.466 e. The van der Waals surface area contributed by atoms with Crippen LogP contribution < -0.4 is 21.5 Å². The average Bonchev–Trinajstić information content (AvgIpc) is 2.87. The summed E-state index contributed by atoms with van der Waals surface area (Å²) in [6, 6.07) is 0. The third-order valence-corrected chi connectivity index (χ3v) is 3.50. The first-order valence-electron chi connectivity index (χ1n) is 7.52. The Morgan fingerprint density at radius 1 is 1.33 bits per heavy atom. The zero-order chi connectivity index (χ0) is 17.7. The predicted molar refractivity (Wildman–Crippen MR) is 86.5 cm³/mol. The highest BCUT2D eigenvalue weighted by Gasteiger charge is 2.26. The molecular weight excluding hydrogens is 318 g/mol. The summed E-state index contributed by atoms with van der Waals surface area (Å²) in [5, 5.41) is 2.96. The molecule has 0 amide bonds. The summed E-state index contributed by atoms with van der Waals surface area (Å²) in [6.07, 6.45) is 0.511. The molecule has 2 heterocycles. The van der Waals surface area contributed by atoms with Crippen LogP contribution in [-0.2, 0) is 19.1 Å². The molecule has 4 N–H and O–H groups in total. The Kier molecular flexibility index (Phi) is 5.61. The highest BCUT2D eigenvalue weighted by Crippen LogP contribution is 2.26. The Hall–Kier alpha value is -2.78. The standard InChI is InChI=1S/C14H21N5O5/c1-8(20)23-4-3-10(6-24-9(2)21)5-19-7-16-11-12(19)17-14(15)18-13(11)22/h10,16H,3-7H2,1-2H3,(H3,15,17,18,22). The third-order valence-electron chi connectivity index (χ3n) is 3.50. The van der Waals surface area contributed by atoms with Gasteiger partial charge in [-0.1, -0.05) is 0 Å². The van der Waals surface area contributed by atoms with Gasteiger partial charge in [-0.25, -0.2) is 0 Å². The number of hydrogen-bond acceptors (Lipinski definition) is 9. The largest absolute Gasteiger partial charge is 0.466 e. The van der Waals surface area contributed by atoms with Crippen LogP contribution in [0.3, 0.4) is 0 Å². The molecule has 0 fully saturated rings. The number of rotatable bonds is 7. The fourth-order valence-electron chi connectivity index (χ4n) is 2.41. The zero-order valence-electron chi connectivity index (χ0n) is 13.6. The number of H-pyrrole nitrogens is 1. The van der Waals surface area contributed by atoms with E-state index < -0.39 is 0 Å². The van der Waals surface area contributed by atoms with Crippen molar-refractivity contribution >= 4 is 29.4 Å². The monoisotopic (exact) mass is 339 g/mol. The summed E-state index contributed by atoms with van der Waals surface area (Å²) in [5.74, 6) is -0.356. The van der Waals surface area contributed by atoms with Crippen molar-refractivity contribution in [3.63, 3.8) is 0 Å². The molecule has 1 aromatic heterocycles. The van der Waals surface area contributed by atoms with E-state index in [-0.39, 0.29) is 42.6 Å². The highest BCUT2D eigenvalue weighted by molar-refractivity contribution is 5.70. The molecule has 10 heteroatoms. The molecule has 0 spiro atoms. The van der Waals surface area contributed by atoms with Crippen LogP contribution in [0.15, 0.2) is 4.79 Å². The van der Waals surface area contributed by atoms with Gasteiger partial charge < -0.3 is 25.4 Å². The van der Waals surface area contributed by atoms with Crippen LogP contribution in [-0.4, -0.2) is 48.3 Å². The molecule has 1 aliphatic heterocycles. The first-order chi connectivity index (χ1) is 11.4. The van der Waals surface area contributed by atoms with Crippen molar-refractivity contribution in [1.29, 1.82) is 0 Å².